The van der Waals surface area contributed by atoms with Gasteiger partial charge < -0.3 is 9.32 Å². The number of hydrogen-bond acceptors (Lipinski definition) is 2. The summed E-state index contributed by atoms with van der Waals surface area (Å²) >= 11 is 0. The quantitative estimate of drug-likeness (QED) is 0.176. The first-order chi connectivity index (χ1) is 27.3. The standard InChI is InChI=1S/C54H41NO/c1-53(2)47-18-10-6-15-41(47)45-31-36(24-30-48(45)53)39-13-7-11-19-50(39)55(38-27-29-42-40-14-5-9-17-46(40)54(3,4)49(42)33-38)37-25-21-34(22-26-37)35-23-28-44-43-16-8-12-20-51(43)56-52(44)32-35/h5-33H,1-4H3. The second-order valence-electron chi connectivity index (χ2n) is 16.5. The number of hydrogen-bond donors (Lipinski definition) is 0. The van der Waals surface area contributed by atoms with Gasteiger partial charge in [0.15, 0.2) is 0 Å². The Balaban J connectivity index is 1.06. The molecule has 0 bridgehead atoms. The van der Waals surface area contributed by atoms with Crippen molar-refractivity contribution < 1.29 is 4.42 Å². The van der Waals surface area contributed by atoms with Crippen molar-refractivity contribution in [3.63, 3.8) is 0 Å². The molecule has 0 radical (unpaired) electrons. The minimum absolute atomic E-state index is 0.0402. The molecule has 0 saturated carbocycles. The van der Waals surface area contributed by atoms with Crippen molar-refractivity contribution in [2.24, 2.45) is 0 Å². The molecule has 0 amide bonds. The van der Waals surface area contributed by atoms with E-state index >= 15 is 0 Å². The summed E-state index contributed by atoms with van der Waals surface area (Å²) in [7, 11) is 0. The summed E-state index contributed by atoms with van der Waals surface area (Å²) < 4.78 is 6.27. The normalized spacial score (nSPS) is 14.4. The molecule has 268 valence electrons. The lowest BCUT2D eigenvalue weighted by molar-refractivity contribution is 0.660. The lowest BCUT2D eigenvalue weighted by Crippen LogP contribution is -2.17. The molecule has 1 heterocycles. The molecular formula is C54H41NO. The van der Waals surface area contributed by atoms with Crippen LogP contribution in [0.3, 0.4) is 0 Å². The first-order valence-electron chi connectivity index (χ1n) is 19.7. The van der Waals surface area contributed by atoms with E-state index in [9.17, 15) is 0 Å². The van der Waals surface area contributed by atoms with Crippen molar-refractivity contribution in [3.8, 4) is 44.5 Å². The molecule has 0 unspecified atom stereocenters. The lowest BCUT2D eigenvalue weighted by Gasteiger charge is -2.30. The highest BCUT2D eigenvalue weighted by Gasteiger charge is 2.37. The monoisotopic (exact) mass is 719 g/mol. The van der Waals surface area contributed by atoms with Gasteiger partial charge in [0.25, 0.3) is 0 Å². The average Bonchev–Trinajstić information content (AvgIpc) is 3.80. The van der Waals surface area contributed by atoms with Crippen LogP contribution in [0.1, 0.15) is 49.9 Å². The minimum Gasteiger partial charge on any atom is -0.456 e. The summed E-state index contributed by atoms with van der Waals surface area (Å²) in [5.41, 5.74) is 20.6. The molecular weight excluding hydrogens is 679 g/mol. The van der Waals surface area contributed by atoms with Gasteiger partial charge in [-0.1, -0.05) is 149 Å². The average molecular weight is 720 g/mol. The molecule has 0 atom stereocenters. The van der Waals surface area contributed by atoms with E-state index in [1.54, 1.807) is 0 Å². The molecule has 0 saturated heterocycles. The number of para-hydroxylation sites is 2. The van der Waals surface area contributed by atoms with Gasteiger partial charge in [-0.2, -0.15) is 0 Å². The van der Waals surface area contributed by atoms with E-state index in [0.29, 0.717) is 0 Å². The Kier molecular flexibility index (Phi) is 6.98. The van der Waals surface area contributed by atoms with E-state index in [-0.39, 0.29) is 10.8 Å². The van der Waals surface area contributed by atoms with E-state index in [1.165, 1.54) is 55.6 Å². The van der Waals surface area contributed by atoms with Gasteiger partial charge in [0.2, 0.25) is 0 Å². The molecule has 0 aliphatic heterocycles. The Morgan fingerprint density at radius 1 is 0.357 bits per heavy atom. The molecule has 2 heteroatoms. The molecule has 1 aromatic heterocycles. The van der Waals surface area contributed by atoms with Gasteiger partial charge in [0, 0.05) is 38.5 Å². The SMILES string of the molecule is CC1(C)c2ccccc2-c2cc(-c3ccccc3N(c3ccc(-c4ccc5c(c4)oc4ccccc45)cc3)c3ccc4c(c3)C(C)(C)c3ccccc3-4)ccc21. The van der Waals surface area contributed by atoms with Crippen molar-refractivity contribution in [1.82, 2.24) is 0 Å². The van der Waals surface area contributed by atoms with Gasteiger partial charge in [-0.25, -0.2) is 0 Å². The number of fused-ring (bicyclic) bond motifs is 9. The molecule has 0 fully saturated rings. The largest absolute Gasteiger partial charge is 0.456 e. The van der Waals surface area contributed by atoms with Crippen molar-refractivity contribution in [3.05, 3.63) is 198 Å². The zero-order chi connectivity index (χ0) is 37.8. The summed E-state index contributed by atoms with van der Waals surface area (Å²) in [6.45, 7) is 9.41. The molecule has 2 aliphatic carbocycles. The Labute approximate surface area is 328 Å². The predicted molar refractivity (Wildman–Crippen MR) is 234 cm³/mol. The van der Waals surface area contributed by atoms with Crippen LogP contribution in [0.15, 0.2) is 180 Å². The molecule has 8 aromatic carbocycles. The Hall–Kier alpha value is -6.64. The highest BCUT2D eigenvalue weighted by atomic mass is 16.3. The van der Waals surface area contributed by atoms with E-state index in [2.05, 4.69) is 196 Å². The van der Waals surface area contributed by atoms with Crippen LogP contribution in [-0.2, 0) is 10.8 Å². The number of anilines is 3. The fourth-order valence-corrected chi connectivity index (χ4v) is 9.77. The van der Waals surface area contributed by atoms with E-state index < -0.39 is 0 Å². The molecule has 0 N–H and O–H groups in total. The fraction of sp³-hybridized carbons (Fsp3) is 0.111. The highest BCUT2D eigenvalue weighted by Crippen LogP contribution is 2.53. The summed E-state index contributed by atoms with van der Waals surface area (Å²) in [5.74, 6) is 0. The zero-order valence-electron chi connectivity index (χ0n) is 32.1. The van der Waals surface area contributed by atoms with Gasteiger partial charge in [0.05, 0.1) is 5.69 Å². The Bertz CT molecular complexity index is 3030. The third-order valence-electron chi connectivity index (χ3n) is 12.7. The summed E-state index contributed by atoms with van der Waals surface area (Å²) in [5, 5.41) is 2.29. The molecule has 9 aromatic rings. The van der Waals surface area contributed by atoms with Gasteiger partial charge in [-0.3, -0.25) is 0 Å². The second-order valence-corrected chi connectivity index (χ2v) is 16.5. The van der Waals surface area contributed by atoms with Crippen LogP contribution >= 0.6 is 0 Å². The fourth-order valence-electron chi connectivity index (χ4n) is 9.77. The lowest BCUT2D eigenvalue weighted by atomic mass is 9.82. The molecule has 0 spiro atoms. The molecule has 2 aliphatic rings. The van der Waals surface area contributed by atoms with Crippen LogP contribution < -0.4 is 4.90 Å². The smallest absolute Gasteiger partial charge is 0.136 e. The first-order valence-corrected chi connectivity index (χ1v) is 19.7. The van der Waals surface area contributed by atoms with E-state index in [0.717, 1.165) is 50.1 Å². The van der Waals surface area contributed by atoms with E-state index in [1.807, 2.05) is 12.1 Å². The van der Waals surface area contributed by atoms with Crippen LogP contribution in [0.4, 0.5) is 17.1 Å². The topological polar surface area (TPSA) is 16.4 Å². The maximum atomic E-state index is 6.27. The Morgan fingerprint density at radius 2 is 0.911 bits per heavy atom. The van der Waals surface area contributed by atoms with Crippen LogP contribution in [0.2, 0.25) is 0 Å². The number of nitrogens with zero attached hydrogens (tertiary/aromatic N) is 1. The van der Waals surface area contributed by atoms with Crippen molar-refractivity contribution in [2.75, 3.05) is 4.90 Å². The molecule has 56 heavy (non-hydrogen) atoms. The maximum Gasteiger partial charge on any atom is 0.136 e. The highest BCUT2D eigenvalue weighted by molar-refractivity contribution is 6.06. The van der Waals surface area contributed by atoms with Gasteiger partial charge in [0.1, 0.15) is 11.2 Å². The zero-order valence-corrected chi connectivity index (χ0v) is 32.1. The van der Waals surface area contributed by atoms with Crippen LogP contribution in [-0.4, -0.2) is 0 Å². The molecule has 11 rings (SSSR count). The number of rotatable bonds is 5. The van der Waals surface area contributed by atoms with Crippen molar-refractivity contribution in [2.45, 2.75) is 38.5 Å². The minimum atomic E-state index is -0.119. The van der Waals surface area contributed by atoms with Crippen molar-refractivity contribution >= 4 is 39.0 Å². The number of furan rings is 1. The third kappa shape index (κ3) is 4.75. The van der Waals surface area contributed by atoms with Crippen molar-refractivity contribution in [1.29, 1.82) is 0 Å². The van der Waals surface area contributed by atoms with Crippen LogP contribution in [0.25, 0.3) is 66.4 Å². The number of benzene rings is 8. The molecule has 2 nitrogen and oxygen atoms in total. The third-order valence-corrected chi connectivity index (χ3v) is 12.7. The van der Waals surface area contributed by atoms with Gasteiger partial charge in [-0.15, -0.1) is 0 Å². The second kappa shape index (κ2) is 11.9. The summed E-state index contributed by atoms with van der Waals surface area (Å²) in [6.07, 6.45) is 0. The van der Waals surface area contributed by atoms with Crippen LogP contribution in [0, 0.1) is 0 Å². The predicted octanol–water partition coefficient (Wildman–Crippen LogP) is 15.0. The van der Waals surface area contributed by atoms with Gasteiger partial charge in [-0.05, 0) is 116 Å². The van der Waals surface area contributed by atoms with Gasteiger partial charge >= 0.3 is 0 Å². The summed E-state index contributed by atoms with van der Waals surface area (Å²) in [6, 6.07) is 64.7. The Morgan fingerprint density at radius 3 is 1.70 bits per heavy atom. The van der Waals surface area contributed by atoms with Crippen LogP contribution in [0.5, 0.6) is 0 Å². The first kappa shape index (κ1) is 32.8. The van der Waals surface area contributed by atoms with E-state index in [4.69, 9.17) is 4.42 Å². The maximum absolute atomic E-state index is 6.27. The summed E-state index contributed by atoms with van der Waals surface area (Å²) in [4.78, 5) is 2.45.